The lowest BCUT2D eigenvalue weighted by Gasteiger charge is -2.05. The van der Waals surface area contributed by atoms with E-state index in [1.54, 1.807) is 0 Å². The highest BCUT2D eigenvalue weighted by Gasteiger charge is 2.09. The lowest BCUT2D eigenvalue weighted by molar-refractivity contribution is 0.0952. The second-order valence-electron chi connectivity index (χ2n) is 2.81. The topological polar surface area (TPSA) is 70.9 Å². The second-order valence-corrected chi connectivity index (χ2v) is 3.22. The first-order valence-electron chi connectivity index (χ1n) is 3.77. The van der Waals surface area contributed by atoms with E-state index in [0.717, 1.165) is 11.3 Å². The van der Waals surface area contributed by atoms with Crippen molar-refractivity contribution in [1.82, 2.24) is 10.4 Å². The number of aromatic amines is 1. The van der Waals surface area contributed by atoms with Crippen molar-refractivity contribution < 1.29 is 4.79 Å². The van der Waals surface area contributed by atoms with Crippen LogP contribution in [0.2, 0.25) is 0 Å². The zero-order valence-electron chi connectivity index (χ0n) is 7.47. The van der Waals surface area contributed by atoms with Crippen molar-refractivity contribution in [2.45, 2.75) is 13.8 Å². The molecule has 0 atom stereocenters. The van der Waals surface area contributed by atoms with Crippen molar-refractivity contribution in [2.24, 2.45) is 5.84 Å². The molecule has 0 aliphatic rings. The van der Waals surface area contributed by atoms with Crippen LogP contribution < -0.4 is 11.3 Å². The molecule has 5 heteroatoms. The van der Waals surface area contributed by atoms with Crippen LogP contribution in [-0.4, -0.2) is 10.9 Å². The van der Waals surface area contributed by atoms with Crippen molar-refractivity contribution >= 4 is 18.1 Å². The zero-order valence-corrected chi connectivity index (χ0v) is 8.29. The van der Waals surface area contributed by atoms with Gasteiger partial charge in [0, 0.05) is 5.69 Å². The highest BCUT2D eigenvalue weighted by molar-refractivity contribution is 7.71. The van der Waals surface area contributed by atoms with E-state index in [0.29, 0.717) is 10.2 Å². The van der Waals surface area contributed by atoms with Crippen LogP contribution in [0, 0.1) is 18.5 Å². The molecular formula is C8H11N3OS. The summed E-state index contributed by atoms with van der Waals surface area (Å²) in [5.41, 5.74) is 4.24. The molecule has 0 aromatic carbocycles. The summed E-state index contributed by atoms with van der Waals surface area (Å²) in [7, 11) is 0. The third-order valence-corrected chi connectivity index (χ3v) is 2.03. The van der Waals surface area contributed by atoms with Crippen molar-refractivity contribution in [3.05, 3.63) is 27.5 Å². The van der Waals surface area contributed by atoms with Gasteiger partial charge in [-0.1, -0.05) is 12.2 Å². The molecule has 70 valence electrons. The van der Waals surface area contributed by atoms with Gasteiger partial charge in [0.1, 0.15) is 4.64 Å². The van der Waals surface area contributed by atoms with Crippen molar-refractivity contribution in [2.75, 3.05) is 0 Å². The number of carbonyl (C=O) groups is 1. The molecule has 0 aliphatic carbocycles. The molecule has 0 fully saturated rings. The number of hydrogen-bond donors (Lipinski definition) is 3. The zero-order chi connectivity index (χ0) is 10.0. The molecule has 1 heterocycles. The lowest BCUT2D eigenvalue weighted by Crippen LogP contribution is -2.31. The average molecular weight is 197 g/mol. The summed E-state index contributed by atoms with van der Waals surface area (Å²) in [4.78, 5) is 14.1. The number of rotatable bonds is 1. The number of nitrogen functional groups attached to an aromatic ring is 1. The van der Waals surface area contributed by atoms with Gasteiger partial charge in [-0.3, -0.25) is 10.2 Å². The first-order valence-corrected chi connectivity index (χ1v) is 4.18. The van der Waals surface area contributed by atoms with Gasteiger partial charge >= 0.3 is 0 Å². The van der Waals surface area contributed by atoms with Gasteiger partial charge in [0.25, 0.3) is 5.91 Å². The van der Waals surface area contributed by atoms with E-state index in [9.17, 15) is 4.79 Å². The smallest absolute Gasteiger partial charge is 0.268 e. The molecule has 4 N–H and O–H groups in total. The molecule has 0 radical (unpaired) electrons. The fourth-order valence-electron chi connectivity index (χ4n) is 1.21. The highest BCUT2D eigenvalue weighted by atomic mass is 32.1. The number of H-pyrrole nitrogens is 1. The summed E-state index contributed by atoms with van der Waals surface area (Å²) in [6, 6.07) is 1.85. The van der Waals surface area contributed by atoms with Gasteiger partial charge in [-0.2, -0.15) is 0 Å². The average Bonchev–Trinajstić information content (AvgIpc) is 2.02. The van der Waals surface area contributed by atoms with Crippen LogP contribution in [0.15, 0.2) is 6.07 Å². The highest BCUT2D eigenvalue weighted by Crippen LogP contribution is 2.09. The lowest BCUT2D eigenvalue weighted by atomic mass is 10.1. The number of hydrogen-bond acceptors (Lipinski definition) is 3. The summed E-state index contributed by atoms with van der Waals surface area (Å²) < 4.78 is 0.417. The number of carbonyl (C=O) groups excluding carboxylic acids is 1. The molecule has 0 saturated heterocycles. The Labute approximate surface area is 81.1 Å². The normalized spacial score (nSPS) is 9.77. The van der Waals surface area contributed by atoms with Crippen LogP contribution >= 0.6 is 12.2 Å². The third-order valence-electron chi connectivity index (χ3n) is 1.72. The molecule has 0 unspecified atom stereocenters. The largest absolute Gasteiger partial charge is 0.350 e. The molecule has 0 bridgehead atoms. The third kappa shape index (κ3) is 1.93. The number of nitrogens with two attached hydrogens (primary N) is 1. The van der Waals surface area contributed by atoms with Gasteiger partial charge in [0.15, 0.2) is 0 Å². The Hall–Kier alpha value is -1.20. The Bertz CT molecular complexity index is 397. The standard InChI is InChI=1S/C8H11N3OS/c1-4-3-5(2)10-8(13)6(4)7(12)11-9/h3H,9H2,1-2H3,(H,10,13)(H,11,12). The second kappa shape index (κ2) is 3.68. The number of pyridine rings is 1. The van der Waals surface area contributed by atoms with Crippen molar-refractivity contribution in [1.29, 1.82) is 0 Å². The quantitative estimate of drug-likeness (QED) is 0.272. The summed E-state index contributed by atoms with van der Waals surface area (Å²) in [5.74, 6) is 4.66. The SMILES string of the molecule is Cc1cc(C)c(C(=O)NN)c(=S)[nH]1. The van der Waals surface area contributed by atoms with Crippen LogP contribution in [0.5, 0.6) is 0 Å². The molecule has 1 aromatic rings. The maximum absolute atomic E-state index is 11.2. The molecule has 1 aromatic heterocycles. The van der Waals surface area contributed by atoms with E-state index >= 15 is 0 Å². The minimum absolute atomic E-state index is 0.362. The molecule has 4 nitrogen and oxygen atoms in total. The molecule has 0 spiro atoms. The summed E-state index contributed by atoms with van der Waals surface area (Å²) in [6.07, 6.45) is 0. The Balaban J connectivity index is 3.38. The molecule has 13 heavy (non-hydrogen) atoms. The minimum Gasteiger partial charge on any atom is -0.350 e. The monoisotopic (exact) mass is 197 g/mol. The van der Waals surface area contributed by atoms with E-state index < -0.39 is 0 Å². The van der Waals surface area contributed by atoms with Crippen LogP contribution in [-0.2, 0) is 0 Å². The van der Waals surface area contributed by atoms with Crippen LogP contribution in [0.3, 0.4) is 0 Å². The van der Waals surface area contributed by atoms with Gasteiger partial charge < -0.3 is 4.98 Å². The summed E-state index contributed by atoms with van der Waals surface area (Å²) in [6.45, 7) is 3.70. The molecular weight excluding hydrogens is 186 g/mol. The maximum atomic E-state index is 11.2. The molecule has 1 rings (SSSR count). The fraction of sp³-hybridized carbons (Fsp3) is 0.250. The van der Waals surface area contributed by atoms with Gasteiger partial charge in [-0.25, -0.2) is 5.84 Å². The fourth-order valence-corrected chi connectivity index (χ4v) is 1.62. The molecule has 1 amide bonds. The van der Waals surface area contributed by atoms with Crippen LogP contribution in [0.25, 0.3) is 0 Å². The van der Waals surface area contributed by atoms with Crippen molar-refractivity contribution in [3.63, 3.8) is 0 Å². The Morgan fingerprint density at radius 2 is 2.23 bits per heavy atom. The summed E-state index contributed by atoms with van der Waals surface area (Å²) in [5, 5.41) is 0. The molecule has 0 saturated carbocycles. The number of aromatic nitrogens is 1. The van der Waals surface area contributed by atoms with Gasteiger partial charge in [0.05, 0.1) is 5.56 Å². The number of hydrazine groups is 1. The van der Waals surface area contributed by atoms with E-state index in [1.165, 1.54) is 0 Å². The van der Waals surface area contributed by atoms with Crippen LogP contribution in [0.1, 0.15) is 21.6 Å². The van der Waals surface area contributed by atoms with Crippen LogP contribution in [0.4, 0.5) is 0 Å². The minimum atomic E-state index is -0.362. The maximum Gasteiger partial charge on any atom is 0.268 e. The first kappa shape index (κ1) is 9.88. The number of amides is 1. The van der Waals surface area contributed by atoms with Crippen molar-refractivity contribution in [3.8, 4) is 0 Å². The van der Waals surface area contributed by atoms with Gasteiger partial charge in [0.2, 0.25) is 0 Å². The first-order chi connectivity index (χ1) is 6.06. The Kier molecular flexibility index (Phi) is 2.79. The van der Waals surface area contributed by atoms with E-state index in [2.05, 4.69) is 10.4 Å². The van der Waals surface area contributed by atoms with Gasteiger partial charge in [-0.05, 0) is 25.5 Å². The Morgan fingerprint density at radius 1 is 1.62 bits per heavy atom. The summed E-state index contributed by atoms with van der Waals surface area (Å²) >= 11 is 5.00. The predicted octanol–water partition coefficient (Wildman–Crippen LogP) is 0.965. The van der Waals surface area contributed by atoms with E-state index in [1.807, 2.05) is 19.9 Å². The van der Waals surface area contributed by atoms with Gasteiger partial charge in [-0.15, -0.1) is 0 Å². The Morgan fingerprint density at radius 3 is 2.69 bits per heavy atom. The van der Waals surface area contributed by atoms with E-state index in [-0.39, 0.29) is 5.91 Å². The van der Waals surface area contributed by atoms with E-state index in [4.69, 9.17) is 18.1 Å². The number of aryl methyl sites for hydroxylation is 2. The number of nitrogens with one attached hydrogen (secondary N) is 2. The molecule has 0 aliphatic heterocycles. The predicted molar refractivity (Wildman–Crippen MR) is 52.8 cm³/mol.